The normalized spacial score (nSPS) is 23.9. The van der Waals surface area contributed by atoms with Crippen LogP contribution in [-0.2, 0) is 9.59 Å². The average Bonchev–Trinajstić information content (AvgIpc) is 2.92. The number of unbranched alkanes of at least 4 members (excludes halogenated alkanes) is 1. The lowest BCUT2D eigenvalue weighted by molar-refractivity contribution is -0.136. The van der Waals surface area contributed by atoms with Crippen molar-refractivity contribution >= 4 is 11.8 Å². The number of Topliss-reactive ketones (excluding diaryl/α,β-unsaturated/α-hetero) is 1. The Morgan fingerprint density at radius 2 is 2.04 bits per heavy atom. The van der Waals surface area contributed by atoms with Crippen molar-refractivity contribution in [2.24, 2.45) is 23.7 Å². The third kappa shape index (κ3) is 8.58. The number of carbonyl (C=O) groups excluding carboxylic acids is 1. The maximum atomic E-state index is 12.5. The van der Waals surface area contributed by atoms with Crippen LogP contribution in [0.4, 0.5) is 0 Å². The van der Waals surface area contributed by atoms with Crippen molar-refractivity contribution in [2.45, 2.75) is 71.8 Å². The molecule has 0 aliphatic heterocycles. The number of aliphatic hydroxyl groups excluding tert-OH is 1. The zero-order chi connectivity index (χ0) is 20.2. The van der Waals surface area contributed by atoms with Gasteiger partial charge in [-0.2, -0.15) is 0 Å². The minimum Gasteiger partial charge on any atom is -0.481 e. The second-order valence-corrected chi connectivity index (χ2v) is 7.66. The van der Waals surface area contributed by atoms with Gasteiger partial charge in [-0.3, -0.25) is 9.59 Å². The Labute approximate surface area is 163 Å². The second-order valence-electron chi connectivity index (χ2n) is 7.66. The minimum atomic E-state index is -0.858. The van der Waals surface area contributed by atoms with Crippen molar-refractivity contribution in [3.05, 3.63) is 24.3 Å². The van der Waals surface area contributed by atoms with Crippen LogP contribution in [0.15, 0.2) is 24.3 Å². The van der Waals surface area contributed by atoms with E-state index in [-0.39, 0.29) is 30.0 Å². The topological polar surface area (TPSA) is 74.6 Å². The van der Waals surface area contributed by atoms with Gasteiger partial charge in [0.15, 0.2) is 0 Å². The van der Waals surface area contributed by atoms with Crippen LogP contribution in [0, 0.1) is 35.5 Å². The standard InChI is InChI=1S/C23H34O4/c1-4-5-6-8-11-18(24)14-15-19-20(12-9-7-10-13-23(26)27)22(25)16-21(19)17(2)3/h6,8,14-15,17-21,24H,4-5,10-13,16H2,1-3H3,(H,26,27)/b8-6-,15-14+. The fourth-order valence-electron chi connectivity index (χ4n) is 3.53. The van der Waals surface area contributed by atoms with Gasteiger partial charge in [0.2, 0.25) is 0 Å². The summed E-state index contributed by atoms with van der Waals surface area (Å²) in [7, 11) is 0. The molecule has 1 rings (SSSR count). The van der Waals surface area contributed by atoms with E-state index in [1.807, 2.05) is 18.2 Å². The predicted octanol–water partition coefficient (Wildman–Crippen LogP) is 4.39. The smallest absolute Gasteiger partial charge is 0.304 e. The molecule has 4 atom stereocenters. The second kappa shape index (κ2) is 12.5. The summed E-state index contributed by atoms with van der Waals surface area (Å²) in [5, 5.41) is 18.8. The summed E-state index contributed by atoms with van der Waals surface area (Å²) in [5.74, 6) is 5.81. The fourth-order valence-corrected chi connectivity index (χ4v) is 3.53. The van der Waals surface area contributed by atoms with Gasteiger partial charge in [-0.15, -0.1) is 11.8 Å². The summed E-state index contributed by atoms with van der Waals surface area (Å²) in [5.41, 5.74) is 0. The van der Waals surface area contributed by atoms with Crippen LogP contribution in [0.1, 0.15) is 65.7 Å². The lowest BCUT2D eigenvalue weighted by Crippen LogP contribution is -2.19. The molecule has 2 N–H and O–H groups in total. The molecule has 1 aliphatic carbocycles. The number of hydrogen-bond acceptors (Lipinski definition) is 3. The van der Waals surface area contributed by atoms with E-state index < -0.39 is 12.1 Å². The molecule has 0 spiro atoms. The van der Waals surface area contributed by atoms with E-state index in [4.69, 9.17) is 5.11 Å². The van der Waals surface area contributed by atoms with E-state index in [2.05, 4.69) is 38.7 Å². The summed E-state index contributed by atoms with van der Waals surface area (Å²) in [6.07, 6.45) is 11.4. The van der Waals surface area contributed by atoms with Gasteiger partial charge in [-0.1, -0.05) is 51.5 Å². The molecule has 0 aromatic heterocycles. The molecular weight excluding hydrogens is 340 g/mol. The number of carbonyl (C=O) groups is 2. The van der Waals surface area contributed by atoms with Crippen molar-refractivity contribution in [3.8, 4) is 11.8 Å². The highest BCUT2D eigenvalue weighted by Gasteiger charge is 2.41. The molecule has 0 amide bonds. The van der Waals surface area contributed by atoms with Crippen LogP contribution < -0.4 is 0 Å². The van der Waals surface area contributed by atoms with Gasteiger partial charge >= 0.3 is 5.97 Å². The number of hydrogen-bond donors (Lipinski definition) is 2. The fraction of sp³-hybridized carbons (Fsp3) is 0.652. The number of rotatable bonds is 10. The Morgan fingerprint density at radius 3 is 2.67 bits per heavy atom. The van der Waals surface area contributed by atoms with Gasteiger partial charge in [-0.25, -0.2) is 0 Å². The van der Waals surface area contributed by atoms with Gasteiger partial charge in [0.05, 0.1) is 12.5 Å². The highest BCUT2D eigenvalue weighted by Crippen LogP contribution is 2.41. The van der Waals surface area contributed by atoms with E-state index in [9.17, 15) is 14.7 Å². The van der Waals surface area contributed by atoms with Crippen molar-refractivity contribution in [1.29, 1.82) is 0 Å². The molecule has 4 nitrogen and oxygen atoms in total. The first-order valence-corrected chi connectivity index (χ1v) is 10.1. The van der Waals surface area contributed by atoms with E-state index >= 15 is 0 Å². The highest BCUT2D eigenvalue weighted by molar-refractivity contribution is 5.84. The number of aliphatic carboxylic acids is 1. The van der Waals surface area contributed by atoms with Gasteiger partial charge in [0.1, 0.15) is 5.78 Å². The number of allylic oxidation sites excluding steroid dienone is 2. The Bertz CT molecular complexity index is 591. The molecule has 4 unspecified atom stereocenters. The van der Waals surface area contributed by atoms with Gasteiger partial charge < -0.3 is 10.2 Å². The maximum Gasteiger partial charge on any atom is 0.304 e. The van der Waals surface area contributed by atoms with Gasteiger partial charge in [-0.05, 0) is 30.6 Å². The van der Waals surface area contributed by atoms with Gasteiger partial charge in [0.25, 0.3) is 0 Å². The van der Waals surface area contributed by atoms with Crippen LogP contribution in [0.3, 0.4) is 0 Å². The Kier molecular flexibility index (Phi) is 10.7. The average molecular weight is 375 g/mol. The first-order valence-electron chi connectivity index (χ1n) is 10.1. The van der Waals surface area contributed by atoms with Crippen LogP contribution in [0.2, 0.25) is 0 Å². The summed E-state index contributed by atoms with van der Waals surface area (Å²) in [6, 6.07) is 0. The molecule has 1 aliphatic rings. The Hall–Kier alpha value is -1.86. The lowest BCUT2D eigenvalue weighted by atomic mass is 9.81. The predicted molar refractivity (Wildman–Crippen MR) is 108 cm³/mol. The molecule has 1 saturated carbocycles. The SMILES string of the molecule is CCC/C=C\CC(O)/C=C/C1C(CC#CCCC(=O)O)C(=O)CC1C(C)C. The molecule has 27 heavy (non-hydrogen) atoms. The quantitative estimate of drug-likeness (QED) is 0.439. The molecule has 0 aromatic carbocycles. The number of carboxylic acids is 1. The maximum absolute atomic E-state index is 12.5. The third-order valence-electron chi connectivity index (χ3n) is 5.13. The molecule has 1 fully saturated rings. The Balaban J connectivity index is 2.74. The van der Waals surface area contributed by atoms with Crippen LogP contribution in [-0.4, -0.2) is 28.1 Å². The summed E-state index contributed by atoms with van der Waals surface area (Å²) < 4.78 is 0. The molecule has 0 saturated heterocycles. The van der Waals surface area contributed by atoms with Crippen LogP contribution in [0.25, 0.3) is 0 Å². The van der Waals surface area contributed by atoms with E-state index in [1.165, 1.54) is 0 Å². The van der Waals surface area contributed by atoms with Gasteiger partial charge in [0, 0.05) is 25.2 Å². The first-order chi connectivity index (χ1) is 12.9. The minimum absolute atomic E-state index is 0.0291. The number of aliphatic hydroxyl groups is 1. The highest BCUT2D eigenvalue weighted by atomic mass is 16.4. The third-order valence-corrected chi connectivity index (χ3v) is 5.13. The summed E-state index contributed by atoms with van der Waals surface area (Å²) in [6.45, 7) is 6.38. The molecule has 0 heterocycles. The van der Waals surface area contributed by atoms with E-state index in [1.54, 1.807) is 0 Å². The van der Waals surface area contributed by atoms with Crippen LogP contribution >= 0.6 is 0 Å². The molecule has 0 aromatic rings. The largest absolute Gasteiger partial charge is 0.481 e. The zero-order valence-corrected chi connectivity index (χ0v) is 16.9. The van der Waals surface area contributed by atoms with Crippen molar-refractivity contribution in [3.63, 3.8) is 0 Å². The zero-order valence-electron chi connectivity index (χ0n) is 16.9. The number of carboxylic acid groups (broad SMARTS) is 1. The summed E-state index contributed by atoms with van der Waals surface area (Å²) >= 11 is 0. The molecule has 0 radical (unpaired) electrons. The van der Waals surface area contributed by atoms with E-state index in [0.717, 1.165) is 12.8 Å². The number of ketones is 1. The Morgan fingerprint density at radius 1 is 1.30 bits per heavy atom. The van der Waals surface area contributed by atoms with E-state index in [0.29, 0.717) is 31.6 Å². The lowest BCUT2D eigenvalue weighted by Gasteiger charge is -2.23. The van der Waals surface area contributed by atoms with Crippen molar-refractivity contribution in [2.75, 3.05) is 0 Å². The molecule has 150 valence electrons. The molecular formula is C23H34O4. The molecule has 4 heteroatoms. The summed E-state index contributed by atoms with van der Waals surface area (Å²) in [4.78, 5) is 23.0. The van der Waals surface area contributed by atoms with Crippen LogP contribution in [0.5, 0.6) is 0 Å². The van der Waals surface area contributed by atoms with Crippen molar-refractivity contribution in [1.82, 2.24) is 0 Å². The van der Waals surface area contributed by atoms with Crippen molar-refractivity contribution < 1.29 is 19.8 Å². The first kappa shape index (κ1) is 23.2. The molecule has 0 bridgehead atoms. The monoisotopic (exact) mass is 374 g/mol.